The number of hydrogen-bond acceptors (Lipinski definition) is 5. The van der Waals surface area contributed by atoms with Crippen molar-refractivity contribution in [3.63, 3.8) is 0 Å². The van der Waals surface area contributed by atoms with E-state index >= 15 is 0 Å². The second-order valence-corrected chi connectivity index (χ2v) is 14.0. The molecule has 0 heterocycles. The summed E-state index contributed by atoms with van der Waals surface area (Å²) < 4.78 is 23.2. The van der Waals surface area contributed by atoms with Crippen LogP contribution in [-0.4, -0.2) is 48.0 Å². The van der Waals surface area contributed by atoms with Gasteiger partial charge in [0.25, 0.3) is 8.32 Å². The molecule has 0 saturated heterocycles. The fraction of sp³-hybridized carbons (Fsp3) is 0.483. The Kier molecular flexibility index (Phi) is 10.7. The van der Waals surface area contributed by atoms with E-state index in [1.807, 2.05) is 12.1 Å². The number of hydrogen-bond donors (Lipinski definition) is 0. The number of benzene rings is 2. The zero-order chi connectivity index (χ0) is 26.0. The smallest absolute Gasteiger partial charge is 0.307 e. The fourth-order valence-electron chi connectivity index (χ4n) is 4.87. The molecule has 0 bridgehead atoms. The van der Waals surface area contributed by atoms with Gasteiger partial charge in [0, 0.05) is 20.8 Å². The summed E-state index contributed by atoms with van der Waals surface area (Å²) in [4.78, 5) is 12.4. The summed E-state index contributed by atoms with van der Waals surface area (Å²) in [6, 6.07) is 21.0. The van der Waals surface area contributed by atoms with Crippen molar-refractivity contribution < 1.29 is 23.4 Å². The summed E-state index contributed by atoms with van der Waals surface area (Å²) in [6.07, 6.45) is 6.39. The van der Waals surface area contributed by atoms with Gasteiger partial charge in [-0.25, -0.2) is 0 Å². The van der Waals surface area contributed by atoms with Crippen LogP contribution in [0.2, 0.25) is 5.04 Å². The molecule has 190 valence electrons. The Morgan fingerprint density at radius 1 is 0.971 bits per heavy atom. The van der Waals surface area contributed by atoms with Crippen LogP contribution >= 0.6 is 0 Å². The van der Waals surface area contributed by atoms with Crippen molar-refractivity contribution in [3.8, 4) is 12.3 Å². The Bertz CT molecular complexity index is 905. The van der Waals surface area contributed by atoms with Gasteiger partial charge in [-0.1, -0.05) is 87.4 Å². The van der Waals surface area contributed by atoms with Crippen molar-refractivity contribution in [2.24, 2.45) is 5.41 Å². The van der Waals surface area contributed by atoms with Crippen molar-refractivity contribution in [1.82, 2.24) is 0 Å². The molecule has 35 heavy (non-hydrogen) atoms. The summed E-state index contributed by atoms with van der Waals surface area (Å²) in [5, 5.41) is 2.33. The van der Waals surface area contributed by atoms with Gasteiger partial charge in [0.15, 0.2) is 6.29 Å². The largest absolute Gasteiger partial charge is 0.466 e. The highest BCUT2D eigenvalue weighted by molar-refractivity contribution is 6.99. The summed E-state index contributed by atoms with van der Waals surface area (Å²) in [5.41, 5.74) is -0.954. The molecule has 2 aromatic rings. The maximum absolute atomic E-state index is 12.4. The van der Waals surface area contributed by atoms with Crippen molar-refractivity contribution >= 4 is 24.7 Å². The Balaban J connectivity index is 2.36. The zero-order valence-corrected chi connectivity index (χ0v) is 23.0. The summed E-state index contributed by atoms with van der Waals surface area (Å²) >= 11 is 0. The SMILES string of the molecule is C#C[C@](CCCO[Si](c1ccccc1)(c1ccccc1)C(C)(C)C)(CC(=O)OCC)C(OC)OC. The van der Waals surface area contributed by atoms with Crippen molar-refractivity contribution in [2.45, 2.75) is 58.3 Å². The summed E-state index contributed by atoms with van der Waals surface area (Å²) in [7, 11) is 0.414. The van der Waals surface area contributed by atoms with Gasteiger partial charge in [-0.3, -0.25) is 4.79 Å². The average molecular weight is 497 g/mol. The highest BCUT2D eigenvalue weighted by atomic mass is 28.4. The fourth-order valence-corrected chi connectivity index (χ4v) is 9.48. The normalized spacial score (nSPS) is 13.8. The quantitative estimate of drug-likeness (QED) is 0.134. The van der Waals surface area contributed by atoms with Crippen molar-refractivity contribution in [2.75, 3.05) is 27.4 Å². The maximum atomic E-state index is 12.4. The molecule has 2 rings (SSSR count). The monoisotopic (exact) mass is 496 g/mol. The van der Waals surface area contributed by atoms with Gasteiger partial charge in [0.05, 0.1) is 18.4 Å². The molecule has 5 nitrogen and oxygen atoms in total. The van der Waals surface area contributed by atoms with Crippen LogP contribution < -0.4 is 10.4 Å². The van der Waals surface area contributed by atoms with Crippen LogP contribution in [0, 0.1) is 17.8 Å². The van der Waals surface area contributed by atoms with Gasteiger partial charge in [0.2, 0.25) is 0 Å². The third-order valence-corrected chi connectivity index (χ3v) is 11.5. The molecule has 0 N–H and O–H groups in total. The van der Waals surface area contributed by atoms with Gasteiger partial charge in [0.1, 0.15) is 0 Å². The van der Waals surface area contributed by atoms with E-state index < -0.39 is 20.0 Å². The van der Waals surface area contributed by atoms with Gasteiger partial charge in [-0.15, -0.1) is 6.42 Å². The average Bonchev–Trinajstić information content (AvgIpc) is 2.85. The molecule has 0 fully saturated rings. The van der Waals surface area contributed by atoms with Crippen LogP contribution in [0.4, 0.5) is 0 Å². The molecule has 0 spiro atoms. The lowest BCUT2D eigenvalue weighted by molar-refractivity contribution is -0.175. The number of carbonyl (C=O) groups excluding carboxylic acids is 1. The molecule has 0 aromatic heterocycles. The van der Waals surface area contributed by atoms with Gasteiger partial charge >= 0.3 is 5.97 Å². The lowest BCUT2D eigenvalue weighted by Crippen LogP contribution is -2.66. The standard InChI is InChI=1S/C29H40O5Si/c1-8-29(27(31-6)32-7,23-26(30)33-9-2)21-16-22-34-35(28(3,4)5,24-17-12-10-13-18-24)25-19-14-11-15-20-25/h1,10-15,17-20,27H,9,16,21-23H2,2-7H3/t29-/m0/s1. The second-order valence-electron chi connectivity index (χ2n) is 9.70. The lowest BCUT2D eigenvalue weighted by Gasteiger charge is -2.43. The third kappa shape index (κ3) is 6.62. The van der Waals surface area contributed by atoms with E-state index in [1.165, 1.54) is 24.6 Å². The Morgan fingerprint density at radius 2 is 1.49 bits per heavy atom. The van der Waals surface area contributed by atoms with E-state index in [9.17, 15) is 4.79 Å². The molecular formula is C29H40O5Si. The molecule has 0 aliphatic carbocycles. The predicted octanol–water partition coefficient (Wildman–Crippen LogP) is 4.53. The maximum Gasteiger partial charge on any atom is 0.307 e. The minimum absolute atomic E-state index is 0.0168. The molecule has 0 aliphatic heterocycles. The van der Waals surface area contributed by atoms with E-state index in [-0.39, 0.29) is 17.4 Å². The minimum atomic E-state index is -2.65. The molecule has 0 amide bonds. The topological polar surface area (TPSA) is 54.0 Å². The van der Waals surface area contributed by atoms with Crippen LogP contribution in [0.3, 0.4) is 0 Å². The first-order chi connectivity index (χ1) is 16.7. The number of terminal acetylenes is 1. The van der Waals surface area contributed by atoms with E-state index in [2.05, 4.69) is 75.2 Å². The van der Waals surface area contributed by atoms with E-state index in [0.717, 1.165) is 0 Å². The molecule has 0 unspecified atom stereocenters. The van der Waals surface area contributed by atoms with Crippen LogP contribution in [0.15, 0.2) is 60.7 Å². The molecule has 1 atom stereocenters. The highest BCUT2D eigenvalue weighted by Gasteiger charge is 2.50. The van der Waals surface area contributed by atoms with Crippen molar-refractivity contribution in [1.29, 1.82) is 0 Å². The first kappa shape index (κ1) is 28.8. The van der Waals surface area contributed by atoms with Crippen molar-refractivity contribution in [3.05, 3.63) is 60.7 Å². The van der Waals surface area contributed by atoms with Crippen LogP contribution in [-0.2, 0) is 23.4 Å². The van der Waals surface area contributed by atoms with E-state index in [0.29, 0.717) is 26.1 Å². The number of rotatable bonds is 13. The van der Waals surface area contributed by atoms with Crippen LogP contribution in [0.25, 0.3) is 0 Å². The summed E-state index contributed by atoms with van der Waals surface area (Å²) in [5.74, 6) is 2.44. The lowest BCUT2D eigenvalue weighted by atomic mass is 9.80. The second kappa shape index (κ2) is 13.0. The summed E-state index contributed by atoms with van der Waals surface area (Å²) in [6.45, 7) is 9.30. The first-order valence-electron chi connectivity index (χ1n) is 12.1. The number of methoxy groups -OCH3 is 2. The van der Waals surface area contributed by atoms with Gasteiger partial charge in [-0.05, 0) is 35.2 Å². The molecule has 6 heteroatoms. The Morgan fingerprint density at radius 3 is 1.89 bits per heavy atom. The van der Waals surface area contributed by atoms with Crippen LogP contribution in [0.5, 0.6) is 0 Å². The third-order valence-electron chi connectivity index (χ3n) is 6.43. The van der Waals surface area contributed by atoms with Gasteiger partial charge < -0.3 is 18.6 Å². The molecule has 0 saturated carbocycles. The Hall–Kier alpha value is -2.43. The van der Waals surface area contributed by atoms with E-state index in [4.69, 9.17) is 25.1 Å². The highest BCUT2D eigenvalue weighted by Crippen LogP contribution is 2.38. The number of esters is 1. The van der Waals surface area contributed by atoms with E-state index in [1.54, 1.807) is 6.92 Å². The first-order valence-corrected chi connectivity index (χ1v) is 14.1. The molecule has 0 radical (unpaired) electrons. The molecular weight excluding hydrogens is 456 g/mol. The van der Waals surface area contributed by atoms with Crippen LogP contribution in [0.1, 0.15) is 47.0 Å². The predicted molar refractivity (Wildman–Crippen MR) is 143 cm³/mol. The zero-order valence-electron chi connectivity index (χ0n) is 22.0. The molecule has 2 aromatic carbocycles. The number of ether oxygens (including phenoxy) is 3. The molecule has 0 aliphatic rings. The number of carbonyl (C=O) groups is 1. The minimum Gasteiger partial charge on any atom is -0.466 e. The Labute approximate surface area is 212 Å². The van der Waals surface area contributed by atoms with Gasteiger partial charge in [-0.2, -0.15) is 0 Å².